The van der Waals surface area contributed by atoms with Crippen molar-refractivity contribution in [3.05, 3.63) is 36.4 Å². The summed E-state index contributed by atoms with van der Waals surface area (Å²) in [5, 5.41) is 9.11. The van der Waals surface area contributed by atoms with Gasteiger partial charge in [-0.2, -0.15) is 0 Å². The largest absolute Gasteiger partial charge is 0.489 e. The van der Waals surface area contributed by atoms with Gasteiger partial charge in [0.15, 0.2) is 0 Å². The van der Waals surface area contributed by atoms with Gasteiger partial charge >= 0.3 is 0 Å². The molecule has 0 radical (unpaired) electrons. The number of hydrogen-bond acceptors (Lipinski definition) is 3. The van der Waals surface area contributed by atoms with E-state index in [1.54, 1.807) is 4.90 Å². The van der Waals surface area contributed by atoms with E-state index < -0.39 is 0 Å². The monoisotopic (exact) mass is 261 g/mol. The average molecular weight is 261 g/mol. The number of carbonyl (C=O) groups is 1. The highest BCUT2D eigenvalue weighted by atomic mass is 16.5. The van der Waals surface area contributed by atoms with E-state index in [1.807, 2.05) is 31.2 Å². The molecule has 4 heteroatoms. The van der Waals surface area contributed by atoms with Crippen LogP contribution in [0.4, 0.5) is 5.69 Å². The Hall–Kier alpha value is -1.81. The molecule has 1 aliphatic rings. The third kappa shape index (κ3) is 3.35. The molecule has 0 bridgehead atoms. The average Bonchev–Trinajstić information content (AvgIpc) is 2.78. The van der Waals surface area contributed by atoms with E-state index in [-0.39, 0.29) is 18.4 Å². The molecule has 1 atom stereocenters. The number of amides is 1. The maximum absolute atomic E-state index is 11.8. The highest BCUT2D eigenvalue weighted by molar-refractivity contribution is 5.95. The standard InChI is InChI=1S/C15H19NO3/c1-11(2)10-19-14-5-3-13(4-6-14)16-8-12(9-17)7-15(16)18/h3-6,12,17H,1,7-10H2,2H3. The molecule has 0 aliphatic carbocycles. The number of nitrogens with zero attached hydrogens (tertiary/aromatic N) is 1. The van der Waals surface area contributed by atoms with Crippen LogP contribution < -0.4 is 9.64 Å². The first-order chi connectivity index (χ1) is 9.10. The van der Waals surface area contributed by atoms with Gasteiger partial charge in [0.25, 0.3) is 0 Å². The molecule has 1 N–H and O–H groups in total. The van der Waals surface area contributed by atoms with Crippen molar-refractivity contribution in [2.75, 3.05) is 24.7 Å². The third-order valence-corrected chi connectivity index (χ3v) is 3.10. The molecule has 1 saturated heterocycles. The van der Waals surface area contributed by atoms with Crippen LogP contribution in [0.3, 0.4) is 0 Å². The number of ether oxygens (including phenoxy) is 1. The van der Waals surface area contributed by atoms with E-state index in [1.165, 1.54) is 0 Å². The summed E-state index contributed by atoms with van der Waals surface area (Å²) in [6.45, 7) is 6.82. The molecule has 1 aromatic carbocycles. The minimum absolute atomic E-state index is 0.0480. The quantitative estimate of drug-likeness (QED) is 0.825. The van der Waals surface area contributed by atoms with Crippen LogP contribution in [0, 0.1) is 5.92 Å². The topological polar surface area (TPSA) is 49.8 Å². The van der Waals surface area contributed by atoms with E-state index in [4.69, 9.17) is 9.84 Å². The molecule has 102 valence electrons. The van der Waals surface area contributed by atoms with E-state index in [0.717, 1.165) is 17.0 Å². The van der Waals surface area contributed by atoms with Crippen LogP contribution in [0.5, 0.6) is 5.75 Å². The molecule has 1 aliphatic heterocycles. The van der Waals surface area contributed by atoms with E-state index >= 15 is 0 Å². The lowest BCUT2D eigenvalue weighted by atomic mass is 10.1. The molecule has 1 aromatic rings. The lowest BCUT2D eigenvalue weighted by molar-refractivity contribution is -0.117. The van der Waals surface area contributed by atoms with Crippen molar-refractivity contribution in [3.8, 4) is 5.75 Å². The summed E-state index contributed by atoms with van der Waals surface area (Å²) in [6, 6.07) is 7.42. The Labute approximate surface area is 113 Å². The predicted molar refractivity (Wildman–Crippen MR) is 74.3 cm³/mol. The van der Waals surface area contributed by atoms with Gasteiger partial charge in [-0.3, -0.25) is 4.79 Å². The number of hydrogen-bond donors (Lipinski definition) is 1. The van der Waals surface area contributed by atoms with E-state index in [9.17, 15) is 4.79 Å². The van der Waals surface area contributed by atoms with Crippen LogP contribution in [-0.2, 0) is 4.79 Å². The molecule has 1 fully saturated rings. The zero-order chi connectivity index (χ0) is 13.8. The van der Waals surface area contributed by atoms with Gasteiger partial charge in [0, 0.05) is 31.2 Å². The Bertz CT molecular complexity index is 467. The van der Waals surface area contributed by atoms with Gasteiger partial charge in [0.2, 0.25) is 5.91 Å². The fourth-order valence-electron chi connectivity index (χ4n) is 2.08. The second-order valence-corrected chi connectivity index (χ2v) is 5.00. The van der Waals surface area contributed by atoms with Gasteiger partial charge in [0.1, 0.15) is 12.4 Å². The zero-order valence-corrected chi connectivity index (χ0v) is 11.1. The van der Waals surface area contributed by atoms with Crippen LogP contribution in [0.2, 0.25) is 0 Å². The van der Waals surface area contributed by atoms with Crippen molar-refractivity contribution in [2.24, 2.45) is 5.92 Å². The van der Waals surface area contributed by atoms with Gasteiger partial charge in [0.05, 0.1) is 0 Å². The Balaban J connectivity index is 2.02. The summed E-state index contributed by atoms with van der Waals surface area (Å²) >= 11 is 0. The van der Waals surface area contributed by atoms with Crippen molar-refractivity contribution in [3.63, 3.8) is 0 Å². The lowest BCUT2D eigenvalue weighted by Gasteiger charge is -2.17. The summed E-state index contributed by atoms with van der Waals surface area (Å²) in [5.41, 5.74) is 1.81. The Morgan fingerprint density at radius 1 is 1.47 bits per heavy atom. The molecule has 1 amide bonds. The molecule has 0 spiro atoms. The van der Waals surface area contributed by atoms with Gasteiger partial charge in [-0.1, -0.05) is 6.58 Å². The summed E-state index contributed by atoms with van der Waals surface area (Å²) < 4.78 is 5.51. The van der Waals surface area contributed by atoms with Crippen molar-refractivity contribution in [2.45, 2.75) is 13.3 Å². The smallest absolute Gasteiger partial charge is 0.227 e. The lowest BCUT2D eigenvalue weighted by Crippen LogP contribution is -2.24. The second-order valence-electron chi connectivity index (χ2n) is 5.00. The third-order valence-electron chi connectivity index (χ3n) is 3.10. The van der Waals surface area contributed by atoms with Gasteiger partial charge in [-0.15, -0.1) is 0 Å². The number of benzene rings is 1. The molecular formula is C15H19NO3. The SMILES string of the molecule is C=C(C)COc1ccc(N2CC(CO)CC2=O)cc1. The normalized spacial score (nSPS) is 18.7. The predicted octanol–water partition coefficient (Wildman–Crippen LogP) is 1.99. The van der Waals surface area contributed by atoms with Gasteiger partial charge in [-0.05, 0) is 36.8 Å². The summed E-state index contributed by atoms with van der Waals surface area (Å²) in [6.07, 6.45) is 0.421. The Morgan fingerprint density at radius 3 is 2.68 bits per heavy atom. The fraction of sp³-hybridized carbons (Fsp3) is 0.400. The Kier molecular flexibility index (Phi) is 4.22. The maximum atomic E-state index is 11.8. The molecule has 1 unspecified atom stereocenters. The molecule has 0 saturated carbocycles. The van der Waals surface area contributed by atoms with E-state index in [2.05, 4.69) is 6.58 Å². The van der Waals surface area contributed by atoms with Crippen molar-refractivity contribution in [1.82, 2.24) is 0 Å². The number of anilines is 1. The second kappa shape index (κ2) is 5.89. The van der Waals surface area contributed by atoms with Crippen LogP contribution in [0.1, 0.15) is 13.3 Å². The van der Waals surface area contributed by atoms with Crippen molar-refractivity contribution in [1.29, 1.82) is 0 Å². The highest BCUT2D eigenvalue weighted by Crippen LogP contribution is 2.26. The van der Waals surface area contributed by atoms with Crippen LogP contribution in [0.15, 0.2) is 36.4 Å². The van der Waals surface area contributed by atoms with Crippen LogP contribution >= 0.6 is 0 Å². The minimum Gasteiger partial charge on any atom is -0.489 e. The first-order valence-electron chi connectivity index (χ1n) is 6.38. The summed E-state index contributed by atoms with van der Waals surface area (Å²) in [7, 11) is 0. The first kappa shape index (κ1) is 13.6. The van der Waals surface area contributed by atoms with Crippen molar-refractivity contribution < 1.29 is 14.6 Å². The van der Waals surface area contributed by atoms with Crippen LogP contribution in [-0.4, -0.2) is 30.8 Å². The highest BCUT2D eigenvalue weighted by Gasteiger charge is 2.29. The van der Waals surface area contributed by atoms with Crippen molar-refractivity contribution >= 4 is 11.6 Å². The van der Waals surface area contributed by atoms with Gasteiger partial charge < -0.3 is 14.7 Å². The minimum atomic E-state index is 0.0480. The molecule has 0 aromatic heterocycles. The summed E-state index contributed by atoms with van der Waals surface area (Å²) in [5.74, 6) is 0.874. The number of carbonyl (C=O) groups excluding carboxylic acids is 1. The van der Waals surface area contributed by atoms with Crippen LogP contribution in [0.25, 0.3) is 0 Å². The molecule has 4 nitrogen and oxygen atoms in total. The fourth-order valence-corrected chi connectivity index (χ4v) is 2.08. The molecule has 19 heavy (non-hydrogen) atoms. The number of aliphatic hydroxyl groups is 1. The van der Waals surface area contributed by atoms with Gasteiger partial charge in [-0.25, -0.2) is 0 Å². The zero-order valence-electron chi connectivity index (χ0n) is 11.1. The number of aliphatic hydroxyl groups excluding tert-OH is 1. The molecule has 2 rings (SSSR count). The van der Waals surface area contributed by atoms with E-state index in [0.29, 0.717) is 19.6 Å². The number of rotatable bonds is 5. The maximum Gasteiger partial charge on any atom is 0.227 e. The Morgan fingerprint density at radius 2 is 2.16 bits per heavy atom. The molecular weight excluding hydrogens is 242 g/mol. The summed E-state index contributed by atoms with van der Waals surface area (Å²) in [4.78, 5) is 13.5. The molecule has 1 heterocycles. The first-order valence-corrected chi connectivity index (χ1v) is 6.38.